The number of hydrogen-bond donors (Lipinski definition) is 1. The van der Waals surface area contributed by atoms with Crippen molar-refractivity contribution in [2.75, 3.05) is 0 Å². The van der Waals surface area contributed by atoms with Crippen molar-refractivity contribution in [1.82, 2.24) is 24.7 Å². The van der Waals surface area contributed by atoms with Gasteiger partial charge in [0.25, 0.3) is 0 Å². The predicted octanol–water partition coefficient (Wildman–Crippen LogP) is 2.30. The lowest BCUT2D eigenvalue weighted by atomic mass is 10.2. The molecule has 0 aliphatic heterocycles. The molecule has 0 spiro atoms. The van der Waals surface area contributed by atoms with Gasteiger partial charge in [-0.2, -0.15) is 10.4 Å². The molecule has 3 aromatic rings. The Labute approximate surface area is 109 Å². The Morgan fingerprint density at radius 1 is 1.47 bits per heavy atom. The van der Waals surface area contributed by atoms with E-state index in [0.717, 1.165) is 28.7 Å². The molecular weight excluding hydrogens is 240 g/mol. The number of nitrogens with one attached hydrogen (secondary N) is 1. The number of aromatic nitrogens is 5. The van der Waals surface area contributed by atoms with E-state index in [9.17, 15) is 0 Å². The van der Waals surface area contributed by atoms with Crippen LogP contribution in [-0.4, -0.2) is 24.7 Å². The van der Waals surface area contributed by atoms with E-state index in [2.05, 4.69) is 26.1 Å². The maximum Gasteiger partial charge on any atom is 0.141 e. The average molecular weight is 252 g/mol. The van der Waals surface area contributed by atoms with E-state index in [-0.39, 0.29) is 6.04 Å². The van der Waals surface area contributed by atoms with Gasteiger partial charge in [-0.15, -0.1) is 0 Å². The Bertz CT molecular complexity index is 748. The summed E-state index contributed by atoms with van der Waals surface area (Å²) in [5, 5.41) is 14.3. The van der Waals surface area contributed by atoms with Gasteiger partial charge < -0.3 is 4.98 Å². The zero-order valence-electron chi connectivity index (χ0n) is 10.4. The third kappa shape index (κ3) is 1.85. The molecule has 1 N–H and O–H groups in total. The molecule has 19 heavy (non-hydrogen) atoms. The lowest BCUT2D eigenvalue weighted by Crippen LogP contribution is -2.05. The van der Waals surface area contributed by atoms with Crippen LogP contribution in [0.2, 0.25) is 0 Å². The minimum Gasteiger partial charge on any atom is -0.346 e. The average Bonchev–Trinajstić information content (AvgIpc) is 3.08. The van der Waals surface area contributed by atoms with Crippen LogP contribution in [0.5, 0.6) is 0 Å². The Hall–Kier alpha value is -2.68. The van der Waals surface area contributed by atoms with Crippen LogP contribution in [0.25, 0.3) is 22.3 Å². The lowest BCUT2D eigenvalue weighted by Gasteiger charge is -2.04. The molecule has 6 nitrogen and oxygen atoms in total. The van der Waals surface area contributed by atoms with Crippen LogP contribution in [0.1, 0.15) is 19.4 Å². The third-order valence-corrected chi connectivity index (χ3v) is 3.08. The van der Waals surface area contributed by atoms with Crippen LogP contribution >= 0.6 is 0 Å². The fraction of sp³-hybridized carbons (Fsp3) is 0.231. The van der Waals surface area contributed by atoms with E-state index in [0.29, 0.717) is 0 Å². The van der Waals surface area contributed by atoms with Crippen LogP contribution < -0.4 is 0 Å². The molecule has 0 amide bonds. The van der Waals surface area contributed by atoms with Gasteiger partial charge in [-0.3, -0.25) is 4.68 Å². The van der Waals surface area contributed by atoms with E-state index in [4.69, 9.17) is 5.26 Å². The summed E-state index contributed by atoms with van der Waals surface area (Å²) in [7, 11) is 0. The predicted molar refractivity (Wildman–Crippen MR) is 70.1 cm³/mol. The zero-order chi connectivity index (χ0) is 13.2. The first-order chi connectivity index (χ1) is 9.33. The van der Waals surface area contributed by atoms with Gasteiger partial charge in [-0.25, -0.2) is 9.97 Å². The van der Waals surface area contributed by atoms with Crippen molar-refractivity contribution in [3.05, 3.63) is 31.0 Å². The number of H-pyrrole nitrogens is 1. The monoisotopic (exact) mass is 252 g/mol. The van der Waals surface area contributed by atoms with Crippen LogP contribution in [0, 0.1) is 11.3 Å². The summed E-state index contributed by atoms with van der Waals surface area (Å²) in [6, 6.07) is 3.92. The SMILES string of the molecule is CC[C@H](C#N)n1cc(-c2ncnc3[nH]ccc23)cn1. The van der Waals surface area contributed by atoms with Crippen molar-refractivity contribution in [1.29, 1.82) is 5.26 Å². The first kappa shape index (κ1) is 11.4. The quantitative estimate of drug-likeness (QED) is 0.775. The smallest absolute Gasteiger partial charge is 0.141 e. The molecule has 0 unspecified atom stereocenters. The molecule has 0 aromatic carbocycles. The van der Waals surface area contributed by atoms with Gasteiger partial charge in [0.1, 0.15) is 18.0 Å². The van der Waals surface area contributed by atoms with Gasteiger partial charge >= 0.3 is 0 Å². The van der Waals surface area contributed by atoms with E-state index >= 15 is 0 Å². The van der Waals surface area contributed by atoms with Gasteiger partial charge in [-0.1, -0.05) is 6.92 Å². The maximum atomic E-state index is 9.06. The van der Waals surface area contributed by atoms with Gasteiger partial charge in [0.05, 0.1) is 18.0 Å². The van der Waals surface area contributed by atoms with Crippen LogP contribution in [0.4, 0.5) is 0 Å². The molecule has 0 aliphatic carbocycles. The standard InChI is InChI=1S/C13H12N6/c1-2-10(5-14)19-7-9(6-18-19)12-11-3-4-15-13(11)17-8-16-12/h3-4,6-8,10H,2H2,1H3,(H,15,16,17)/t10-/m1/s1. The van der Waals surface area contributed by atoms with E-state index < -0.39 is 0 Å². The summed E-state index contributed by atoms with van der Waals surface area (Å²) in [4.78, 5) is 11.5. The minimum absolute atomic E-state index is 0.239. The first-order valence-corrected chi connectivity index (χ1v) is 6.05. The molecule has 3 aromatic heterocycles. The molecule has 0 radical (unpaired) electrons. The van der Waals surface area contributed by atoms with Crippen LogP contribution in [0.3, 0.4) is 0 Å². The number of hydrogen-bond acceptors (Lipinski definition) is 4. The molecule has 0 saturated carbocycles. The second kappa shape index (κ2) is 4.53. The number of aromatic amines is 1. The minimum atomic E-state index is -0.239. The van der Waals surface area contributed by atoms with Crippen molar-refractivity contribution in [3.63, 3.8) is 0 Å². The highest BCUT2D eigenvalue weighted by molar-refractivity contribution is 5.89. The van der Waals surface area contributed by atoms with Gasteiger partial charge in [0.15, 0.2) is 0 Å². The highest BCUT2D eigenvalue weighted by atomic mass is 15.3. The summed E-state index contributed by atoms with van der Waals surface area (Å²) in [5.41, 5.74) is 2.51. The molecule has 1 atom stereocenters. The molecule has 0 bridgehead atoms. The molecule has 0 fully saturated rings. The topological polar surface area (TPSA) is 83.2 Å². The number of rotatable bonds is 3. The van der Waals surface area contributed by atoms with Gasteiger partial charge in [-0.05, 0) is 12.5 Å². The highest BCUT2D eigenvalue weighted by Crippen LogP contribution is 2.25. The number of nitrogens with zero attached hydrogens (tertiary/aromatic N) is 5. The van der Waals surface area contributed by atoms with E-state index in [1.165, 1.54) is 6.33 Å². The Balaban J connectivity index is 2.08. The van der Waals surface area contributed by atoms with Crippen molar-refractivity contribution in [2.24, 2.45) is 0 Å². The Kier molecular flexibility index (Phi) is 2.72. The Morgan fingerprint density at radius 2 is 2.37 bits per heavy atom. The zero-order valence-corrected chi connectivity index (χ0v) is 10.4. The molecule has 3 rings (SSSR count). The highest BCUT2D eigenvalue weighted by Gasteiger charge is 2.12. The molecular formula is C13H12N6. The fourth-order valence-electron chi connectivity index (χ4n) is 2.07. The summed E-state index contributed by atoms with van der Waals surface area (Å²) in [5.74, 6) is 0. The molecule has 3 heterocycles. The summed E-state index contributed by atoms with van der Waals surface area (Å²) >= 11 is 0. The first-order valence-electron chi connectivity index (χ1n) is 6.05. The van der Waals surface area contributed by atoms with Crippen LogP contribution in [-0.2, 0) is 0 Å². The summed E-state index contributed by atoms with van der Waals surface area (Å²) in [6.45, 7) is 1.96. The van der Waals surface area contributed by atoms with Gasteiger partial charge in [0.2, 0.25) is 0 Å². The van der Waals surface area contributed by atoms with Crippen molar-refractivity contribution in [3.8, 4) is 17.3 Å². The normalized spacial score (nSPS) is 12.4. The number of fused-ring (bicyclic) bond motifs is 1. The molecule has 0 aliphatic rings. The van der Waals surface area contributed by atoms with Crippen molar-refractivity contribution in [2.45, 2.75) is 19.4 Å². The lowest BCUT2D eigenvalue weighted by molar-refractivity contribution is 0.534. The van der Waals surface area contributed by atoms with E-state index in [1.54, 1.807) is 10.9 Å². The third-order valence-electron chi connectivity index (χ3n) is 3.08. The second-order valence-corrected chi connectivity index (χ2v) is 4.22. The molecule has 6 heteroatoms. The van der Waals surface area contributed by atoms with E-state index in [1.807, 2.05) is 25.4 Å². The number of nitriles is 1. The Morgan fingerprint density at radius 3 is 3.16 bits per heavy atom. The summed E-state index contributed by atoms with van der Waals surface area (Å²) < 4.78 is 1.68. The van der Waals surface area contributed by atoms with Gasteiger partial charge in [0, 0.05) is 23.3 Å². The maximum absolute atomic E-state index is 9.06. The van der Waals surface area contributed by atoms with Crippen molar-refractivity contribution < 1.29 is 0 Å². The second-order valence-electron chi connectivity index (χ2n) is 4.22. The van der Waals surface area contributed by atoms with Crippen molar-refractivity contribution >= 4 is 11.0 Å². The molecule has 0 saturated heterocycles. The fourth-order valence-corrected chi connectivity index (χ4v) is 2.07. The van der Waals surface area contributed by atoms with Crippen LogP contribution in [0.15, 0.2) is 31.0 Å². The summed E-state index contributed by atoms with van der Waals surface area (Å²) in [6.07, 6.45) is 7.66. The molecule has 94 valence electrons. The largest absolute Gasteiger partial charge is 0.346 e.